The molecule has 0 heteroatoms. The zero-order valence-corrected chi connectivity index (χ0v) is 17.3. The summed E-state index contributed by atoms with van der Waals surface area (Å²) in [7, 11) is 0. The van der Waals surface area contributed by atoms with Gasteiger partial charge in [0.1, 0.15) is 0 Å². The Bertz CT molecular complexity index is 938. The van der Waals surface area contributed by atoms with Crippen molar-refractivity contribution >= 4 is 0 Å². The van der Waals surface area contributed by atoms with Gasteiger partial charge in [0.15, 0.2) is 0 Å². The fourth-order valence-corrected chi connectivity index (χ4v) is 4.36. The van der Waals surface area contributed by atoms with Gasteiger partial charge in [-0.25, -0.2) is 0 Å². The van der Waals surface area contributed by atoms with Crippen LogP contribution in [0.2, 0.25) is 0 Å². The molecular formula is C29H28. The zero-order chi connectivity index (χ0) is 20.1. The molecule has 0 N–H and O–H groups in total. The summed E-state index contributed by atoms with van der Waals surface area (Å²) in [6.07, 6.45) is 2.10. The molecule has 29 heavy (non-hydrogen) atoms. The van der Waals surface area contributed by atoms with Crippen molar-refractivity contribution in [1.82, 2.24) is 0 Å². The van der Waals surface area contributed by atoms with Crippen molar-refractivity contribution in [3.05, 3.63) is 143 Å². The maximum Gasteiger partial charge on any atom is 0.0701 e. The Morgan fingerprint density at radius 3 is 1.03 bits per heavy atom. The van der Waals surface area contributed by atoms with Gasteiger partial charge in [-0.05, 0) is 46.2 Å². The van der Waals surface area contributed by atoms with Gasteiger partial charge in [0.05, 0.1) is 5.41 Å². The van der Waals surface area contributed by atoms with E-state index in [2.05, 4.69) is 123 Å². The van der Waals surface area contributed by atoms with Gasteiger partial charge in [-0.15, -0.1) is 0 Å². The maximum atomic E-state index is 2.31. The molecule has 0 amide bonds. The van der Waals surface area contributed by atoms with Crippen molar-refractivity contribution in [1.29, 1.82) is 0 Å². The minimum absolute atomic E-state index is 0.346. The van der Waals surface area contributed by atoms with E-state index < -0.39 is 0 Å². The smallest absolute Gasteiger partial charge is 0.0622 e. The van der Waals surface area contributed by atoms with E-state index in [1.807, 2.05) is 0 Å². The third-order valence-corrected chi connectivity index (χ3v) is 6.00. The molecule has 0 aliphatic rings. The molecule has 0 heterocycles. The molecule has 4 rings (SSSR count). The van der Waals surface area contributed by atoms with Crippen molar-refractivity contribution < 1.29 is 0 Å². The largest absolute Gasteiger partial charge is 0.0701 e. The fourth-order valence-electron chi connectivity index (χ4n) is 4.36. The van der Waals surface area contributed by atoms with Gasteiger partial charge in [-0.2, -0.15) is 0 Å². The summed E-state index contributed by atoms with van der Waals surface area (Å²) in [5.41, 5.74) is 7.57. The van der Waals surface area contributed by atoms with E-state index in [0.717, 1.165) is 12.8 Å². The van der Waals surface area contributed by atoms with Gasteiger partial charge in [-0.3, -0.25) is 0 Å². The predicted octanol–water partition coefficient (Wildman–Crippen LogP) is 7.19. The number of hydrogen-bond donors (Lipinski definition) is 0. The second-order valence-corrected chi connectivity index (χ2v) is 7.58. The van der Waals surface area contributed by atoms with E-state index in [4.69, 9.17) is 0 Å². The van der Waals surface area contributed by atoms with E-state index in [1.165, 1.54) is 33.4 Å². The molecule has 0 unspecified atom stereocenters. The number of rotatable bonds is 6. The van der Waals surface area contributed by atoms with E-state index in [9.17, 15) is 0 Å². The topological polar surface area (TPSA) is 0 Å². The number of hydrogen-bond acceptors (Lipinski definition) is 0. The molecule has 4 aromatic carbocycles. The molecule has 0 spiro atoms. The first kappa shape index (κ1) is 19.2. The first-order chi connectivity index (χ1) is 14.3. The average molecular weight is 377 g/mol. The number of benzene rings is 4. The van der Waals surface area contributed by atoms with Crippen LogP contribution in [0.1, 0.15) is 47.2 Å². The normalized spacial score (nSPS) is 11.4. The summed E-state index contributed by atoms with van der Waals surface area (Å²) in [5, 5.41) is 0. The van der Waals surface area contributed by atoms with Gasteiger partial charge in [-0.1, -0.05) is 123 Å². The summed E-state index contributed by atoms with van der Waals surface area (Å²) >= 11 is 0. The molecule has 0 aromatic heterocycles. The molecule has 0 radical (unpaired) electrons. The first-order valence-electron chi connectivity index (χ1n) is 10.6. The van der Waals surface area contributed by atoms with Crippen LogP contribution in [0.5, 0.6) is 0 Å². The van der Waals surface area contributed by atoms with Crippen molar-refractivity contribution in [2.45, 2.75) is 32.1 Å². The fraction of sp³-hybridized carbons (Fsp3) is 0.172. The van der Waals surface area contributed by atoms with Crippen molar-refractivity contribution in [3.63, 3.8) is 0 Å². The van der Waals surface area contributed by atoms with Crippen LogP contribution in [0.25, 0.3) is 0 Å². The van der Waals surface area contributed by atoms with Gasteiger partial charge in [0, 0.05) is 0 Å². The quantitative estimate of drug-likeness (QED) is 0.312. The molecule has 0 saturated carbocycles. The lowest BCUT2D eigenvalue weighted by Gasteiger charge is -2.37. The second-order valence-electron chi connectivity index (χ2n) is 7.58. The Balaban J connectivity index is 2.06. The van der Waals surface area contributed by atoms with Crippen LogP contribution in [0.3, 0.4) is 0 Å². The monoisotopic (exact) mass is 376 g/mol. The highest BCUT2D eigenvalue weighted by Crippen LogP contribution is 2.45. The summed E-state index contributed by atoms with van der Waals surface area (Å²) in [5.74, 6) is 0. The second kappa shape index (κ2) is 8.49. The maximum absolute atomic E-state index is 2.31. The lowest BCUT2D eigenvalue weighted by Crippen LogP contribution is -2.31. The molecule has 0 aliphatic heterocycles. The van der Waals surface area contributed by atoms with Gasteiger partial charge in [0.25, 0.3) is 0 Å². The zero-order valence-electron chi connectivity index (χ0n) is 17.3. The van der Waals surface area contributed by atoms with E-state index in [0.29, 0.717) is 0 Å². The van der Waals surface area contributed by atoms with Gasteiger partial charge >= 0.3 is 0 Å². The molecule has 0 fully saturated rings. The van der Waals surface area contributed by atoms with Crippen molar-refractivity contribution in [3.8, 4) is 0 Å². The van der Waals surface area contributed by atoms with E-state index in [1.54, 1.807) is 0 Å². The van der Waals surface area contributed by atoms with Crippen molar-refractivity contribution in [2.75, 3.05) is 0 Å². The Hall–Kier alpha value is -3.12. The molecule has 0 bridgehead atoms. The molecular weight excluding hydrogens is 348 g/mol. The van der Waals surface area contributed by atoms with Crippen LogP contribution in [0, 0.1) is 0 Å². The SMILES string of the molecule is CCc1ccc(C(c2ccccc2)(c2ccccc2)c2ccc(CC)cc2)cc1. The molecule has 0 saturated heterocycles. The Labute approximate surface area is 174 Å². The molecule has 4 aromatic rings. The minimum Gasteiger partial charge on any atom is -0.0622 e. The van der Waals surface area contributed by atoms with Gasteiger partial charge in [0.2, 0.25) is 0 Å². The minimum atomic E-state index is -0.346. The highest BCUT2D eigenvalue weighted by Gasteiger charge is 2.38. The molecule has 0 aliphatic carbocycles. The Morgan fingerprint density at radius 2 is 0.724 bits per heavy atom. The Kier molecular flexibility index (Phi) is 5.62. The third-order valence-electron chi connectivity index (χ3n) is 6.00. The summed E-state index contributed by atoms with van der Waals surface area (Å²) in [6.45, 7) is 4.42. The molecule has 144 valence electrons. The van der Waals surface area contributed by atoms with E-state index in [-0.39, 0.29) is 5.41 Å². The van der Waals surface area contributed by atoms with Crippen molar-refractivity contribution in [2.24, 2.45) is 0 Å². The predicted molar refractivity (Wildman–Crippen MR) is 124 cm³/mol. The molecule has 0 atom stereocenters. The van der Waals surface area contributed by atoms with E-state index >= 15 is 0 Å². The lowest BCUT2D eigenvalue weighted by atomic mass is 9.65. The number of aryl methyl sites for hydroxylation is 2. The van der Waals surface area contributed by atoms with Gasteiger partial charge < -0.3 is 0 Å². The average Bonchev–Trinajstić information content (AvgIpc) is 2.82. The lowest BCUT2D eigenvalue weighted by molar-refractivity contribution is 0.743. The third kappa shape index (κ3) is 3.51. The van der Waals surface area contributed by atoms with Crippen LogP contribution in [0.15, 0.2) is 109 Å². The highest BCUT2D eigenvalue weighted by atomic mass is 14.4. The molecule has 0 nitrogen and oxygen atoms in total. The first-order valence-corrected chi connectivity index (χ1v) is 10.6. The summed E-state index contributed by atoms with van der Waals surface area (Å²) < 4.78 is 0. The van der Waals surface area contributed by atoms with Crippen LogP contribution >= 0.6 is 0 Å². The van der Waals surface area contributed by atoms with Crippen LogP contribution in [-0.2, 0) is 18.3 Å². The van der Waals surface area contributed by atoms with Crippen LogP contribution in [0.4, 0.5) is 0 Å². The summed E-state index contributed by atoms with van der Waals surface area (Å²) in [4.78, 5) is 0. The van der Waals surface area contributed by atoms with Crippen LogP contribution < -0.4 is 0 Å². The Morgan fingerprint density at radius 1 is 0.414 bits per heavy atom. The standard InChI is InChI=1S/C29H28/c1-3-23-15-19-27(20-16-23)29(25-11-7-5-8-12-25,26-13-9-6-10-14-26)28-21-17-24(4-2)18-22-28/h5-22H,3-4H2,1-2H3. The summed E-state index contributed by atoms with van der Waals surface area (Å²) in [6, 6.07) is 40.2. The van der Waals surface area contributed by atoms with Crippen LogP contribution in [-0.4, -0.2) is 0 Å². The highest BCUT2D eigenvalue weighted by molar-refractivity contribution is 5.60.